The second kappa shape index (κ2) is 7.83. The standard InChI is InChI=1S/C18H17N3O4S/c1-11(25-13-6-4-3-5-7-13)16(22)21-18-20-15(10-26-18)12-8-14(19-9-12)17(23)24-2/h3-11,19H,1-2H3,(H,20,21,22). The molecule has 1 amide bonds. The minimum absolute atomic E-state index is 0.293. The third-order valence-corrected chi connectivity index (χ3v) is 4.30. The van der Waals surface area contributed by atoms with Crippen LogP contribution in [0.4, 0.5) is 5.13 Å². The van der Waals surface area contributed by atoms with Gasteiger partial charge in [-0.05, 0) is 25.1 Å². The highest BCUT2D eigenvalue weighted by Crippen LogP contribution is 2.26. The van der Waals surface area contributed by atoms with E-state index in [1.807, 2.05) is 18.2 Å². The molecule has 0 saturated heterocycles. The van der Waals surface area contributed by atoms with Crippen LogP contribution in [-0.2, 0) is 9.53 Å². The van der Waals surface area contributed by atoms with Crippen molar-refractivity contribution in [3.63, 3.8) is 0 Å². The molecular weight excluding hydrogens is 354 g/mol. The molecule has 0 radical (unpaired) electrons. The van der Waals surface area contributed by atoms with E-state index in [9.17, 15) is 9.59 Å². The fourth-order valence-electron chi connectivity index (χ4n) is 2.20. The van der Waals surface area contributed by atoms with Crippen molar-refractivity contribution in [3.8, 4) is 17.0 Å². The van der Waals surface area contributed by atoms with Gasteiger partial charge >= 0.3 is 5.97 Å². The number of carbonyl (C=O) groups is 2. The van der Waals surface area contributed by atoms with E-state index in [2.05, 4.69) is 20.0 Å². The summed E-state index contributed by atoms with van der Waals surface area (Å²) in [5, 5.41) is 4.98. The van der Waals surface area contributed by atoms with Crippen molar-refractivity contribution in [1.82, 2.24) is 9.97 Å². The quantitative estimate of drug-likeness (QED) is 0.648. The smallest absolute Gasteiger partial charge is 0.354 e. The zero-order valence-electron chi connectivity index (χ0n) is 14.2. The Morgan fingerprint density at radius 1 is 1.27 bits per heavy atom. The van der Waals surface area contributed by atoms with Crippen LogP contribution in [0.5, 0.6) is 5.75 Å². The summed E-state index contributed by atoms with van der Waals surface area (Å²) in [5.74, 6) is -0.122. The number of hydrogen-bond acceptors (Lipinski definition) is 6. The van der Waals surface area contributed by atoms with Crippen LogP contribution in [0.15, 0.2) is 48.0 Å². The molecule has 1 atom stereocenters. The second-order valence-electron chi connectivity index (χ2n) is 5.39. The van der Waals surface area contributed by atoms with Gasteiger partial charge in [0, 0.05) is 17.1 Å². The van der Waals surface area contributed by atoms with E-state index in [4.69, 9.17) is 4.74 Å². The molecule has 1 unspecified atom stereocenters. The van der Waals surface area contributed by atoms with Crippen LogP contribution in [0, 0.1) is 0 Å². The number of methoxy groups -OCH3 is 1. The lowest BCUT2D eigenvalue weighted by molar-refractivity contribution is -0.122. The monoisotopic (exact) mass is 371 g/mol. The molecule has 2 N–H and O–H groups in total. The number of carbonyl (C=O) groups excluding carboxylic acids is 2. The maximum absolute atomic E-state index is 12.3. The lowest BCUT2D eigenvalue weighted by Gasteiger charge is -2.13. The summed E-state index contributed by atoms with van der Waals surface area (Å²) in [7, 11) is 1.32. The summed E-state index contributed by atoms with van der Waals surface area (Å²) in [6.07, 6.45) is 0.997. The van der Waals surface area contributed by atoms with Gasteiger partial charge in [-0.2, -0.15) is 0 Å². The van der Waals surface area contributed by atoms with Crippen molar-refractivity contribution in [1.29, 1.82) is 0 Å². The molecule has 0 saturated carbocycles. The Morgan fingerprint density at radius 2 is 2.04 bits per heavy atom. The van der Waals surface area contributed by atoms with Gasteiger partial charge in [0.2, 0.25) is 0 Å². The normalized spacial score (nSPS) is 11.6. The molecule has 3 rings (SSSR count). The number of aromatic nitrogens is 2. The number of nitrogens with one attached hydrogen (secondary N) is 2. The molecule has 26 heavy (non-hydrogen) atoms. The Labute approximate surface area is 154 Å². The number of anilines is 1. The van der Waals surface area contributed by atoms with E-state index in [0.29, 0.717) is 22.3 Å². The van der Waals surface area contributed by atoms with Gasteiger partial charge in [0.05, 0.1) is 12.8 Å². The third kappa shape index (κ3) is 4.09. The zero-order chi connectivity index (χ0) is 18.5. The van der Waals surface area contributed by atoms with Gasteiger partial charge in [-0.25, -0.2) is 9.78 Å². The number of ether oxygens (including phenoxy) is 2. The topological polar surface area (TPSA) is 93.3 Å². The molecule has 134 valence electrons. The Hall–Kier alpha value is -3.13. The zero-order valence-corrected chi connectivity index (χ0v) is 15.0. The first-order valence-electron chi connectivity index (χ1n) is 7.82. The van der Waals surface area contributed by atoms with Crippen LogP contribution in [0.1, 0.15) is 17.4 Å². The number of nitrogens with zero attached hydrogens (tertiary/aromatic N) is 1. The van der Waals surface area contributed by atoms with Gasteiger partial charge in [0.25, 0.3) is 5.91 Å². The number of esters is 1. The molecule has 0 spiro atoms. The Morgan fingerprint density at radius 3 is 2.77 bits per heavy atom. The molecule has 0 fully saturated rings. The van der Waals surface area contributed by atoms with Crippen LogP contribution in [-0.4, -0.2) is 35.1 Å². The molecule has 3 aromatic rings. The van der Waals surface area contributed by atoms with Crippen LogP contribution in [0.25, 0.3) is 11.3 Å². The lowest BCUT2D eigenvalue weighted by atomic mass is 10.2. The number of H-pyrrole nitrogens is 1. The summed E-state index contributed by atoms with van der Waals surface area (Å²) in [4.78, 5) is 31.0. The Balaban J connectivity index is 1.63. The molecule has 0 aliphatic rings. The van der Waals surface area contributed by atoms with Crippen LogP contribution in [0.2, 0.25) is 0 Å². The van der Waals surface area contributed by atoms with Gasteiger partial charge in [-0.15, -0.1) is 11.3 Å². The van der Waals surface area contributed by atoms with E-state index in [0.717, 1.165) is 5.56 Å². The van der Waals surface area contributed by atoms with Crippen LogP contribution >= 0.6 is 11.3 Å². The summed E-state index contributed by atoms with van der Waals surface area (Å²) in [6, 6.07) is 10.8. The number of rotatable bonds is 6. The fourth-order valence-corrected chi connectivity index (χ4v) is 2.92. The minimum atomic E-state index is -0.664. The van der Waals surface area contributed by atoms with Gasteiger partial charge in [-0.3, -0.25) is 10.1 Å². The Bertz CT molecular complexity index is 904. The van der Waals surface area contributed by atoms with Crippen LogP contribution in [0.3, 0.4) is 0 Å². The van der Waals surface area contributed by atoms with Gasteiger partial charge in [0.15, 0.2) is 11.2 Å². The maximum Gasteiger partial charge on any atom is 0.354 e. The molecule has 0 bridgehead atoms. The van der Waals surface area contributed by atoms with Crippen molar-refractivity contribution < 1.29 is 19.1 Å². The van der Waals surface area contributed by atoms with Crippen molar-refractivity contribution >= 4 is 28.3 Å². The highest BCUT2D eigenvalue weighted by atomic mass is 32.1. The van der Waals surface area contributed by atoms with Gasteiger partial charge < -0.3 is 14.5 Å². The maximum atomic E-state index is 12.3. The summed E-state index contributed by atoms with van der Waals surface area (Å²) in [6.45, 7) is 1.67. The average molecular weight is 371 g/mol. The van der Waals surface area contributed by atoms with Crippen molar-refractivity contribution in [2.24, 2.45) is 0 Å². The number of thiazole rings is 1. The number of amides is 1. The average Bonchev–Trinajstić information content (AvgIpc) is 3.31. The molecule has 0 aliphatic carbocycles. The SMILES string of the molecule is COC(=O)c1cc(-c2csc(NC(=O)C(C)Oc3ccccc3)n2)c[nH]1. The molecule has 8 heteroatoms. The summed E-state index contributed by atoms with van der Waals surface area (Å²) in [5.41, 5.74) is 1.72. The first-order chi connectivity index (χ1) is 12.6. The van der Waals surface area contributed by atoms with E-state index in [-0.39, 0.29) is 5.91 Å². The highest BCUT2D eigenvalue weighted by Gasteiger charge is 2.17. The number of hydrogen-bond donors (Lipinski definition) is 2. The molecule has 7 nitrogen and oxygen atoms in total. The highest BCUT2D eigenvalue weighted by molar-refractivity contribution is 7.14. The Kier molecular flexibility index (Phi) is 5.33. The van der Waals surface area contributed by atoms with Crippen LogP contribution < -0.4 is 10.1 Å². The number of para-hydroxylation sites is 1. The van der Waals surface area contributed by atoms with Crippen molar-refractivity contribution in [3.05, 3.63) is 53.7 Å². The largest absolute Gasteiger partial charge is 0.481 e. The van der Waals surface area contributed by atoms with Gasteiger partial charge in [-0.1, -0.05) is 18.2 Å². The van der Waals surface area contributed by atoms with E-state index in [1.165, 1.54) is 18.4 Å². The summed E-state index contributed by atoms with van der Waals surface area (Å²) < 4.78 is 10.2. The van der Waals surface area contributed by atoms with Gasteiger partial charge in [0.1, 0.15) is 11.4 Å². The second-order valence-corrected chi connectivity index (χ2v) is 6.25. The molecule has 1 aromatic carbocycles. The van der Waals surface area contributed by atoms with Crippen molar-refractivity contribution in [2.45, 2.75) is 13.0 Å². The lowest BCUT2D eigenvalue weighted by Crippen LogP contribution is -2.30. The van der Waals surface area contributed by atoms with E-state index >= 15 is 0 Å². The molecular formula is C18H17N3O4S. The van der Waals surface area contributed by atoms with E-state index in [1.54, 1.807) is 36.7 Å². The molecule has 2 heterocycles. The fraction of sp³-hybridized carbons (Fsp3) is 0.167. The molecule has 0 aliphatic heterocycles. The number of benzene rings is 1. The summed E-state index contributed by atoms with van der Waals surface area (Å²) >= 11 is 1.29. The third-order valence-electron chi connectivity index (χ3n) is 3.54. The first-order valence-corrected chi connectivity index (χ1v) is 8.70. The van der Waals surface area contributed by atoms with Crippen molar-refractivity contribution in [2.75, 3.05) is 12.4 Å². The predicted molar refractivity (Wildman–Crippen MR) is 98.4 cm³/mol. The first kappa shape index (κ1) is 17.7. The van der Waals surface area contributed by atoms with E-state index < -0.39 is 12.1 Å². The minimum Gasteiger partial charge on any atom is -0.481 e. The number of aromatic amines is 1. The molecule has 2 aromatic heterocycles. The predicted octanol–water partition coefficient (Wildman–Crippen LogP) is 3.33.